The Bertz CT molecular complexity index is 1480. The molecule has 11 nitrogen and oxygen atoms in total. The van der Waals surface area contributed by atoms with Gasteiger partial charge < -0.3 is 40.3 Å². The molecule has 71 heavy (non-hydrogen) atoms. The molecule has 1 aliphatic rings. The smallest absolute Gasteiger partial charge is 0.186 e. The van der Waals surface area contributed by atoms with Gasteiger partial charge in [0, 0.05) is 5.56 Å². The van der Waals surface area contributed by atoms with Crippen LogP contribution >= 0.6 is 0 Å². The largest absolute Gasteiger partial charge is 0.390 e. The van der Waals surface area contributed by atoms with Gasteiger partial charge in [0.1, 0.15) is 30.1 Å². The summed E-state index contributed by atoms with van der Waals surface area (Å²) < 4.78 is 13.8. The average Bonchev–Trinajstić information content (AvgIpc) is 3.86. The molecule has 1 fully saturated rings. The Morgan fingerprint density at radius 3 is 1.41 bits per heavy atom. The normalized spacial score (nSPS) is 19.6. The van der Waals surface area contributed by atoms with E-state index in [0.717, 1.165) is 44.1 Å². The zero-order valence-electron chi connectivity index (χ0n) is 45.9. The number of nitrogens with one attached hydrogen (secondary N) is 1. The number of nitrogens with zero attached hydrogens (tertiary/aromatic N) is 3. The Morgan fingerprint density at radius 2 is 0.972 bits per heavy atom. The molecule has 1 saturated heterocycles. The maximum Gasteiger partial charge on any atom is 0.186 e. The van der Waals surface area contributed by atoms with Crippen LogP contribution in [0.15, 0.2) is 30.5 Å². The van der Waals surface area contributed by atoms with Crippen molar-refractivity contribution in [2.45, 2.75) is 320 Å². The second kappa shape index (κ2) is 42.3. The lowest BCUT2D eigenvalue weighted by molar-refractivity contribution is -0.301. The van der Waals surface area contributed by atoms with E-state index in [4.69, 9.17) is 9.47 Å². The van der Waals surface area contributed by atoms with Gasteiger partial charge in [0.25, 0.3) is 0 Å². The van der Waals surface area contributed by atoms with Crippen LogP contribution in [0.3, 0.4) is 0 Å². The molecule has 1 aromatic carbocycles. The van der Waals surface area contributed by atoms with Gasteiger partial charge in [-0.15, -0.1) is 5.10 Å². The number of hydrogen-bond donors (Lipinski definition) is 6. The Balaban J connectivity index is 1.34. The van der Waals surface area contributed by atoms with E-state index in [1.807, 2.05) is 12.1 Å². The molecule has 1 aromatic heterocycles. The molecule has 0 spiro atoms. The monoisotopic (exact) mass is 999 g/mol. The van der Waals surface area contributed by atoms with E-state index in [-0.39, 0.29) is 13.2 Å². The molecule has 6 N–H and O–H groups in total. The number of aliphatic hydroxyl groups excluding tert-OH is 5. The minimum atomic E-state index is -1.52. The van der Waals surface area contributed by atoms with Crippen molar-refractivity contribution in [1.82, 2.24) is 20.3 Å². The van der Waals surface area contributed by atoms with Crippen LogP contribution in [0.25, 0.3) is 11.3 Å². The number of hydrogen-bond acceptors (Lipinski definition) is 10. The van der Waals surface area contributed by atoms with Crippen molar-refractivity contribution in [1.29, 1.82) is 0 Å². The predicted octanol–water partition coefficient (Wildman–Crippen LogP) is 13.5. The molecule has 412 valence electrons. The third-order valence-corrected chi connectivity index (χ3v) is 15.3. The first-order chi connectivity index (χ1) is 34.8. The van der Waals surface area contributed by atoms with Crippen LogP contribution in [0.5, 0.6) is 0 Å². The second-order valence-corrected chi connectivity index (χ2v) is 21.7. The van der Waals surface area contributed by atoms with Gasteiger partial charge in [-0.05, 0) is 31.4 Å². The highest BCUT2D eigenvalue weighted by atomic mass is 16.7. The second-order valence-electron chi connectivity index (χ2n) is 21.7. The summed E-state index contributed by atoms with van der Waals surface area (Å²) in [6.45, 7) is 7.33. The van der Waals surface area contributed by atoms with E-state index >= 15 is 0 Å². The molecule has 2 aromatic rings. The van der Waals surface area contributed by atoms with Crippen LogP contribution < -0.4 is 5.32 Å². The van der Waals surface area contributed by atoms with Gasteiger partial charge in [-0.25, -0.2) is 4.68 Å². The summed E-state index contributed by atoms with van der Waals surface area (Å²) in [5.41, 5.74) is 2.82. The van der Waals surface area contributed by atoms with E-state index in [2.05, 4.69) is 48.5 Å². The van der Waals surface area contributed by atoms with Crippen LogP contribution in [-0.2, 0) is 22.4 Å². The number of unbranched alkanes of at least 4 members (excludes halogenated alkanes) is 34. The van der Waals surface area contributed by atoms with Crippen molar-refractivity contribution in [3.8, 4) is 11.3 Å². The van der Waals surface area contributed by atoms with E-state index in [9.17, 15) is 25.5 Å². The number of benzene rings is 1. The molecule has 0 aliphatic carbocycles. The summed E-state index contributed by atoms with van der Waals surface area (Å²) in [4.78, 5) is 0. The minimum Gasteiger partial charge on any atom is -0.390 e. The molecule has 0 amide bonds. The van der Waals surface area contributed by atoms with E-state index in [1.165, 1.54) is 205 Å². The van der Waals surface area contributed by atoms with Gasteiger partial charge in [0.2, 0.25) is 0 Å². The maximum atomic E-state index is 11.5. The van der Waals surface area contributed by atoms with Gasteiger partial charge in [-0.1, -0.05) is 275 Å². The fourth-order valence-corrected chi connectivity index (χ4v) is 10.3. The van der Waals surface area contributed by atoms with Crippen molar-refractivity contribution in [3.05, 3.63) is 36.0 Å². The lowest BCUT2D eigenvalue weighted by Crippen LogP contribution is -2.60. The molecule has 0 saturated carbocycles. The molecule has 0 radical (unpaired) electrons. The molecule has 11 heteroatoms. The third-order valence-electron chi connectivity index (χ3n) is 15.3. The average molecular weight is 1000 g/mol. The van der Waals surface area contributed by atoms with Gasteiger partial charge in [-0.2, -0.15) is 0 Å². The van der Waals surface area contributed by atoms with Crippen molar-refractivity contribution >= 4 is 0 Å². The number of aromatic nitrogens is 3. The highest BCUT2D eigenvalue weighted by molar-refractivity contribution is 5.57. The van der Waals surface area contributed by atoms with Crippen molar-refractivity contribution < 1.29 is 35.0 Å². The molecular formula is C60H110N4O7. The lowest BCUT2D eigenvalue weighted by Gasteiger charge is -2.41. The van der Waals surface area contributed by atoms with Gasteiger partial charge in [0.05, 0.1) is 37.6 Å². The summed E-state index contributed by atoms with van der Waals surface area (Å²) in [6, 6.07) is 7.50. The summed E-state index contributed by atoms with van der Waals surface area (Å²) in [7, 11) is 0. The summed E-state index contributed by atoms with van der Waals surface area (Å²) in [5.74, 6) is 0. The van der Waals surface area contributed by atoms with Crippen LogP contribution in [0.2, 0.25) is 0 Å². The van der Waals surface area contributed by atoms with Crippen LogP contribution in [0, 0.1) is 0 Å². The fraction of sp³-hybridized carbons (Fsp3) is 0.867. The Hall–Kier alpha value is -1.96. The predicted molar refractivity (Wildman–Crippen MR) is 293 cm³/mol. The fourth-order valence-electron chi connectivity index (χ4n) is 10.3. The summed E-state index contributed by atoms with van der Waals surface area (Å²) in [6.07, 6.45) is 41.8. The molecule has 8 atom stereocenters. The van der Waals surface area contributed by atoms with E-state index < -0.39 is 49.0 Å². The van der Waals surface area contributed by atoms with Crippen LogP contribution in [-0.4, -0.2) is 103 Å². The van der Waals surface area contributed by atoms with E-state index in [0.29, 0.717) is 18.7 Å². The molecule has 3 rings (SSSR count). The zero-order valence-corrected chi connectivity index (χ0v) is 45.9. The Labute approximate surface area is 434 Å². The van der Waals surface area contributed by atoms with Gasteiger partial charge in [0.15, 0.2) is 6.29 Å². The minimum absolute atomic E-state index is 0.0609. The Morgan fingerprint density at radius 1 is 0.549 bits per heavy atom. The van der Waals surface area contributed by atoms with Gasteiger partial charge in [-0.3, -0.25) is 0 Å². The first-order valence-corrected chi connectivity index (χ1v) is 30.2. The summed E-state index contributed by atoms with van der Waals surface area (Å²) >= 11 is 0. The van der Waals surface area contributed by atoms with Crippen molar-refractivity contribution in [2.75, 3.05) is 13.2 Å². The number of ether oxygens (including phenoxy) is 2. The Kier molecular flexibility index (Phi) is 37.7. The quantitative estimate of drug-likeness (QED) is 0.0352. The first kappa shape index (κ1) is 63.3. The summed E-state index contributed by atoms with van der Waals surface area (Å²) in [5, 5.41) is 67.5. The third kappa shape index (κ3) is 29.1. The molecular weight excluding hydrogens is 889 g/mol. The first-order valence-electron chi connectivity index (χ1n) is 30.2. The lowest BCUT2D eigenvalue weighted by atomic mass is 9.98. The standard InChI is InChI=1S/C60H110N4O7/c1-4-7-9-11-13-15-17-19-20-21-22-23-24-25-26-27-28-29-30-32-34-36-38-40-46-61-53(56(66)54(65)41-39-37-35-33-31-18-16-14-12-10-8-5-2)49-70-60-59(69)58(68)57(67)55(71-60)48-64-47-52(62-63-64)51-44-42-50(6-3)43-45-51/h42-45,47,53-61,65-69H,4-41,46,48-49H2,1-3H3/t53-,54+,55+,56-,57-,58-,59+,60-/m0/s1. The molecule has 0 bridgehead atoms. The van der Waals surface area contributed by atoms with Gasteiger partial charge >= 0.3 is 0 Å². The number of aliphatic hydroxyl groups is 5. The zero-order chi connectivity index (χ0) is 51.0. The van der Waals surface area contributed by atoms with Crippen LogP contribution in [0.1, 0.15) is 264 Å². The highest BCUT2D eigenvalue weighted by Crippen LogP contribution is 2.26. The maximum absolute atomic E-state index is 11.5. The highest BCUT2D eigenvalue weighted by Gasteiger charge is 2.45. The molecule has 2 heterocycles. The number of rotatable bonds is 48. The van der Waals surface area contributed by atoms with E-state index in [1.54, 1.807) is 10.9 Å². The number of aryl methyl sites for hydroxylation is 1. The van der Waals surface area contributed by atoms with Crippen LogP contribution in [0.4, 0.5) is 0 Å². The van der Waals surface area contributed by atoms with Crippen molar-refractivity contribution in [2.24, 2.45) is 0 Å². The topological polar surface area (TPSA) is 162 Å². The molecule has 1 aliphatic heterocycles. The molecule has 0 unspecified atom stereocenters. The van der Waals surface area contributed by atoms with Crippen molar-refractivity contribution in [3.63, 3.8) is 0 Å². The SMILES string of the molecule is CCCCCCCCCCCCCCCCCCCCCCCCCCN[C@@H](CO[C@H]1O[C@H](Cn2cc(-c3ccc(CC)cc3)nn2)[C@H](O)[C@H](O)[C@H]1O)[C@H](O)[C@H](O)CCCCCCCCCCCCCC.